The topological polar surface area (TPSA) is 52.5 Å². The molecule has 18 heavy (non-hydrogen) atoms. The molecule has 1 rings (SSSR count). The van der Waals surface area contributed by atoms with Crippen molar-refractivity contribution < 1.29 is 10.2 Å². The second-order valence-corrected chi connectivity index (χ2v) is 5.47. The van der Waals surface area contributed by atoms with Crippen LogP contribution >= 0.6 is 0 Å². The van der Waals surface area contributed by atoms with E-state index < -0.39 is 0 Å². The quantitative estimate of drug-likeness (QED) is 0.696. The molecule has 1 aromatic carbocycles. The Morgan fingerprint density at radius 3 is 2.22 bits per heavy atom. The highest BCUT2D eigenvalue weighted by atomic mass is 16.3. The molecule has 0 aliphatic rings. The largest absolute Gasteiger partial charge is 0.508 e. The van der Waals surface area contributed by atoms with Gasteiger partial charge in [0.05, 0.1) is 6.10 Å². The standard InChI is InChI=1S/C15H25NO2/c1-11(2)9-16-10-15(18)12(3)8-13-4-6-14(17)7-5-13/h4-7,11-12,15-18H,8-10H2,1-3H3. The van der Waals surface area contributed by atoms with Crippen LogP contribution in [0.2, 0.25) is 0 Å². The Labute approximate surface area is 110 Å². The van der Waals surface area contributed by atoms with Gasteiger partial charge in [-0.2, -0.15) is 0 Å². The number of phenolic OH excluding ortho intramolecular Hbond substituents is 1. The van der Waals surface area contributed by atoms with E-state index in [0.29, 0.717) is 12.5 Å². The molecule has 3 N–H and O–H groups in total. The maximum atomic E-state index is 10.0. The van der Waals surface area contributed by atoms with E-state index in [0.717, 1.165) is 18.5 Å². The molecule has 0 heterocycles. The fourth-order valence-corrected chi connectivity index (χ4v) is 1.86. The van der Waals surface area contributed by atoms with E-state index in [1.807, 2.05) is 12.1 Å². The molecule has 0 amide bonds. The van der Waals surface area contributed by atoms with E-state index in [9.17, 15) is 10.2 Å². The molecule has 2 atom stereocenters. The lowest BCUT2D eigenvalue weighted by molar-refractivity contribution is 0.114. The van der Waals surface area contributed by atoms with Gasteiger partial charge < -0.3 is 15.5 Å². The molecule has 0 aliphatic carbocycles. The summed E-state index contributed by atoms with van der Waals surface area (Å²) >= 11 is 0. The summed E-state index contributed by atoms with van der Waals surface area (Å²) < 4.78 is 0. The monoisotopic (exact) mass is 251 g/mol. The van der Waals surface area contributed by atoms with Gasteiger partial charge in [0.15, 0.2) is 0 Å². The minimum atomic E-state index is -0.336. The number of hydrogen-bond acceptors (Lipinski definition) is 3. The van der Waals surface area contributed by atoms with Crippen LogP contribution in [0.25, 0.3) is 0 Å². The number of aliphatic hydroxyl groups is 1. The molecule has 3 nitrogen and oxygen atoms in total. The highest BCUT2D eigenvalue weighted by Gasteiger charge is 2.14. The van der Waals surface area contributed by atoms with E-state index in [1.54, 1.807) is 12.1 Å². The average Bonchev–Trinajstić information content (AvgIpc) is 2.31. The summed E-state index contributed by atoms with van der Waals surface area (Å²) in [6.07, 6.45) is 0.489. The molecule has 0 saturated carbocycles. The van der Waals surface area contributed by atoms with Crippen LogP contribution in [0.5, 0.6) is 5.75 Å². The van der Waals surface area contributed by atoms with Crippen molar-refractivity contribution in [2.24, 2.45) is 11.8 Å². The molecule has 0 spiro atoms. The van der Waals surface area contributed by atoms with E-state index in [1.165, 1.54) is 0 Å². The fraction of sp³-hybridized carbons (Fsp3) is 0.600. The summed E-state index contributed by atoms with van der Waals surface area (Å²) in [6, 6.07) is 7.18. The molecular formula is C15H25NO2. The van der Waals surface area contributed by atoms with Gasteiger partial charge in [-0.1, -0.05) is 32.9 Å². The Morgan fingerprint density at radius 1 is 1.06 bits per heavy atom. The third kappa shape index (κ3) is 5.52. The molecule has 2 unspecified atom stereocenters. The summed E-state index contributed by atoms with van der Waals surface area (Å²) in [4.78, 5) is 0. The number of aliphatic hydroxyl groups excluding tert-OH is 1. The number of nitrogens with one attached hydrogen (secondary N) is 1. The minimum absolute atomic E-state index is 0.203. The van der Waals surface area contributed by atoms with Gasteiger partial charge in [0.25, 0.3) is 0 Å². The third-order valence-electron chi connectivity index (χ3n) is 3.06. The molecule has 0 fully saturated rings. The first-order chi connectivity index (χ1) is 8.49. The smallest absolute Gasteiger partial charge is 0.115 e. The predicted molar refractivity (Wildman–Crippen MR) is 74.7 cm³/mol. The van der Waals surface area contributed by atoms with Crippen molar-refractivity contribution in [1.29, 1.82) is 0 Å². The van der Waals surface area contributed by atoms with Crippen LogP contribution in [-0.4, -0.2) is 29.4 Å². The molecule has 0 aromatic heterocycles. The van der Waals surface area contributed by atoms with Crippen LogP contribution in [0.3, 0.4) is 0 Å². The second kappa shape index (κ2) is 7.39. The zero-order valence-electron chi connectivity index (χ0n) is 11.6. The fourth-order valence-electron chi connectivity index (χ4n) is 1.86. The Morgan fingerprint density at radius 2 is 1.67 bits per heavy atom. The highest BCUT2D eigenvalue weighted by Crippen LogP contribution is 2.15. The van der Waals surface area contributed by atoms with Gasteiger partial charge in [0.2, 0.25) is 0 Å². The first-order valence-electron chi connectivity index (χ1n) is 6.65. The molecule has 0 aliphatic heterocycles. The average molecular weight is 251 g/mol. The van der Waals surface area contributed by atoms with Crippen LogP contribution in [-0.2, 0) is 6.42 Å². The lowest BCUT2D eigenvalue weighted by atomic mass is 9.95. The van der Waals surface area contributed by atoms with Crippen LogP contribution in [0, 0.1) is 11.8 Å². The molecule has 3 heteroatoms. The van der Waals surface area contributed by atoms with Gasteiger partial charge in [-0.15, -0.1) is 0 Å². The maximum Gasteiger partial charge on any atom is 0.115 e. The Kier molecular flexibility index (Phi) is 6.16. The second-order valence-electron chi connectivity index (χ2n) is 5.47. The van der Waals surface area contributed by atoms with Gasteiger partial charge in [0, 0.05) is 6.54 Å². The molecule has 102 valence electrons. The zero-order valence-corrected chi connectivity index (χ0v) is 11.6. The molecule has 1 aromatic rings. The summed E-state index contributed by atoms with van der Waals surface area (Å²) in [6.45, 7) is 7.92. The summed E-state index contributed by atoms with van der Waals surface area (Å²) in [5.74, 6) is 1.09. The van der Waals surface area contributed by atoms with Crippen molar-refractivity contribution >= 4 is 0 Å². The van der Waals surface area contributed by atoms with Crippen molar-refractivity contribution in [3.63, 3.8) is 0 Å². The van der Waals surface area contributed by atoms with Crippen LogP contribution in [0.4, 0.5) is 0 Å². The summed E-state index contributed by atoms with van der Waals surface area (Å²) in [5, 5.41) is 22.5. The van der Waals surface area contributed by atoms with Gasteiger partial charge >= 0.3 is 0 Å². The normalized spacial score (nSPS) is 14.7. The van der Waals surface area contributed by atoms with Gasteiger partial charge in [-0.3, -0.25) is 0 Å². The number of rotatable bonds is 7. The van der Waals surface area contributed by atoms with Crippen LogP contribution in [0.15, 0.2) is 24.3 Å². The predicted octanol–water partition coefficient (Wildman–Crippen LogP) is 2.18. The van der Waals surface area contributed by atoms with Gasteiger partial charge in [-0.05, 0) is 42.5 Å². The SMILES string of the molecule is CC(C)CNCC(O)C(C)Cc1ccc(O)cc1. The van der Waals surface area contributed by atoms with Crippen LogP contribution in [0.1, 0.15) is 26.3 Å². The van der Waals surface area contributed by atoms with Crippen LogP contribution < -0.4 is 5.32 Å². The minimum Gasteiger partial charge on any atom is -0.508 e. The number of aromatic hydroxyl groups is 1. The molecule has 0 radical (unpaired) electrons. The number of phenols is 1. The van der Waals surface area contributed by atoms with Gasteiger partial charge in [0.1, 0.15) is 5.75 Å². The lowest BCUT2D eigenvalue weighted by Crippen LogP contribution is -2.34. The molecule has 0 bridgehead atoms. The maximum absolute atomic E-state index is 10.0. The molecule has 0 saturated heterocycles. The van der Waals surface area contributed by atoms with Crippen molar-refractivity contribution in [2.75, 3.05) is 13.1 Å². The van der Waals surface area contributed by atoms with Gasteiger partial charge in [-0.25, -0.2) is 0 Å². The first-order valence-corrected chi connectivity index (χ1v) is 6.65. The third-order valence-corrected chi connectivity index (χ3v) is 3.06. The van der Waals surface area contributed by atoms with E-state index >= 15 is 0 Å². The van der Waals surface area contributed by atoms with E-state index in [2.05, 4.69) is 26.1 Å². The van der Waals surface area contributed by atoms with E-state index in [4.69, 9.17) is 0 Å². The Bertz CT molecular complexity index is 335. The first kappa shape index (κ1) is 15.0. The highest BCUT2D eigenvalue weighted by molar-refractivity contribution is 5.26. The zero-order chi connectivity index (χ0) is 13.5. The van der Waals surface area contributed by atoms with E-state index in [-0.39, 0.29) is 17.8 Å². The summed E-state index contributed by atoms with van der Waals surface area (Å²) in [5.41, 5.74) is 1.14. The van der Waals surface area contributed by atoms with Crippen molar-refractivity contribution in [3.05, 3.63) is 29.8 Å². The molecular weight excluding hydrogens is 226 g/mol. The lowest BCUT2D eigenvalue weighted by Gasteiger charge is -2.20. The van der Waals surface area contributed by atoms with Crippen molar-refractivity contribution in [1.82, 2.24) is 5.32 Å². The Balaban J connectivity index is 2.35. The van der Waals surface area contributed by atoms with Crippen molar-refractivity contribution in [2.45, 2.75) is 33.3 Å². The van der Waals surface area contributed by atoms with Crippen molar-refractivity contribution in [3.8, 4) is 5.75 Å². The number of benzene rings is 1. The summed E-state index contributed by atoms with van der Waals surface area (Å²) in [7, 11) is 0. The Hall–Kier alpha value is -1.06. The number of hydrogen-bond donors (Lipinski definition) is 3.